The molecule has 0 unspecified atom stereocenters. The highest BCUT2D eigenvalue weighted by molar-refractivity contribution is 7.07. The fourth-order valence-electron chi connectivity index (χ4n) is 4.72. The van der Waals surface area contributed by atoms with Gasteiger partial charge in [-0.2, -0.15) is 11.3 Å². The molecule has 1 saturated carbocycles. The molecule has 6 rings (SSSR count). The molecule has 7 nitrogen and oxygen atoms in total. The van der Waals surface area contributed by atoms with Crippen LogP contribution >= 0.6 is 11.3 Å². The quantitative estimate of drug-likeness (QED) is 0.383. The fraction of sp³-hybridized carbons (Fsp3) is 0.333. The third kappa shape index (κ3) is 4.75. The molecular formula is C27H25FN4O3S. The van der Waals surface area contributed by atoms with Gasteiger partial charge in [0.1, 0.15) is 17.4 Å². The monoisotopic (exact) mass is 504 g/mol. The van der Waals surface area contributed by atoms with Crippen LogP contribution in [0, 0.1) is 11.8 Å². The first-order chi connectivity index (χ1) is 17.5. The summed E-state index contributed by atoms with van der Waals surface area (Å²) in [5.41, 5.74) is 4.05. The summed E-state index contributed by atoms with van der Waals surface area (Å²) in [6.45, 7) is 1.45. The number of anilines is 1. The summed E-state index contributed by atoms with van der Waals surface area (Å²) in [4.78, 5) is 35.9. The van der Waals surface area contributed by atoms with Crippen molar-refractivity contribution in [2.75, 3.05) is 18.4 Å². The van der Waals surface area contributed by atoms with E-state index in [4.69, 9.17) is 4.42 Å². The van der Waals surface area contributed by atoms with Gasteiger partial charge in [0.15, 0.2) is 5.58 Å². The zero-order chi connectivity index (χ0) is 24.6. The molecule has 1 saturated heterocycles. The number of nitrogens with one attached hydrogen (secondary N) is 1. The van der Waals surface area contributed by atoms with Crippen LogP contribution in [0.3, 0.4) is 0 Å². The molecule has 1 N–H and O–H groups in total. The van der Waals surface area contributed by atoms with Crippen molar-refractivity contribution in [3.05, 3.63) is 64.6 Å². The molecule has 2 aliphatic rings. The molecule has 0 radical (unpaired) electrons. The van der Waals surface area contributed by atoms with Crippen LogP contribution in [0.25, 0.3) is 22.6 Å². The number of benzene rings is 1. The Kier molecular flexibility index (Phi) is 6.00. The molecule has 0 spiro atoms. The minimum absolute atomic E-state index is 0.0850. The summed E-state index contributed by atoms with van der Waals surface area (Å²) >= 11 is 1.72. The number of amides is 2. The Labute approximate surface area is 211 Å². The zero-order valence-corrected chi connectivity index (χ0v) is 20.3. The van der Waals surface area contributed by atoms with Crippen LogP contribution < -0.4 is 5.32 Å². The Morgan fingerprint density at radius 1 is 1.17 bits per heavy atom. The lowest BCUT2D eigenvalue weighted by molar-refractivity contribution is -0.117. The number of carbonyl (C=O) groups is 2. The van der Waals surface area contributed by atoms with Crippen LogP contribution in [0.4, 0.5) is 10.1 Å². The highest BCUT2D eigenvalue weighted by atomic mass is 32.1. The Balaban J connectivity index is 1.13. The summed E-state index contributed by atoms with van der Waals surface area (Å²) < 4.78 is 19.0. The summed E-state index contributed by atoms with van der Waals surface area (Å²) in [6.07, 6.45) is 3.86. The van der Waals surface area contributed by atoms with Crippen LogP contribution in [0.15, 0.2) is 57.8 Å². The van der Waals surface area contributed by atoms with Crippen LogP contribution in [-0.2, 0) is 11.2 Å². The number of piperidine rings is 1. The maximum atomic E-state index is 13.2. The molecule has 9 heteroatoms. The molecule has 184 valence electrons. The van der Waals surface area contributed by atoms with Gasteiger partial charge in [0.05, 0.1) is 5.92 Å². The molecule has 4 aromatic rings. The van der Waals surface area contributed by atoms with Crippen LogP contribution in [0.2, 0.25) is 0 Å². The van der Waals surface area contributed by atoms with Gasteiger partial charge in [-0.05, 0) is 84.3 Å². The van der Waals surface area contributed by atoms with Gasteiger partial charge in [0, 0.05) is 30.5 Å². The Morgan fingerprint density at radius 2 is 2.00 bits per heavy atom. The van der Waals surface area contributed by atoms with Gasteiger partial charge in [0.2, 0.25) is 11.8 Å². The number of oxazole rings is 1. The van der Waals surface area contributed by atoms with E-state index in [2.05, 4.69) is 32.1 Å². The number of aromatic nitrogens is 2. The summed E-state index contributed by atoms with van der Waals surface area (Å²) in [7, 11) is 0. The van der Waals surface area contributed by atoms with Crippen molar-refractivity contribution in [3.8, 4) is 11.5 Å². The van der Waals surface area contributed by atoms with E-state index in [9.17, 15) is 14.0 Å². The lowest BCUT2D eigenvalue weighted by atomic mass is 9.91. The summed E-state index contributed by atoms with van der Waals surface area (Å²) in [5.74, 6) is -0.00456. The number of halogens is 1. The van der Waals surface area contributed by atoms with Gasteiger partial charge in [-0.3, -0.25) is 14.6 Å². The topological polar surface area (TPSA) is 88.3 Å². The number of fused-ring (bicyclic) bond motifs is 1. The first-order valence-corrected chi connectivity index (χ1v) is 13.1. The Morgan fingerprint density at radius 3 is 2.75 bits per heavy atom. The minimum Gasteiger partial charge on any atom is -0.436 e. The smallest absolute Gasteiger partial charge is 0.272 e. The lowest BCUT2D eigenvalue weighted by Gasteiger charge is -2.31. The predicted molar refractivity (Wildman–Crippen MR) is 136 cm³/mol. The summed E-state index contributed by atoms with van der Waals surface area (Å²) in [5, 5.41) is 7.04. The maximum absolute atomic E-state index is 13.2. The van der Waals surface area contributed by atoms with E-state index >= 15 is 0 Å². The molecule has 0 bridgehead atoms. The maximum Gasteiger partial charge on any atom is 0.272 e. The summed E-state index contributed by atoms with van der Waals surface area (Å²) in [6, 6.07) is 10.8. The highest BCUT2D eigenvalue weighted by Crippen LogP contribution is 2.35. The zero-order valence-electron chi connectivity index (χ0n) is 19.5. The number of carbonyl (C=O) groups excluding carboxylic acids is 2. The molecule has 3 aromatic heterocycles. The second-order valence-electron chi connectivity index (χ2n) is 9.55. The van der Waals surface area contributed by atoms with E-state index in [-0.39, 0.29) is 18.2 Å². The molecule has 2 amide bonds. The van der Waals surface area contributed by atoms with E-state index in [1.807, 2.05) is 4.90 Å². The Bertz CT molecular complexity index is 1410. The van der Waals surface area contributed by atoms with Crippen molar-refractivity contribution < 1.29 is 18.4 Å². The second kappa shape index (κ2) is 9.46. The third-order valence-corrected chi connectivity index (χ3v) is 7.67. The molecule has 1 aliphatic heterocycles. The van der Waals surface area contributed by atoms with Gasteiger partial charge in [-0.25, -0.2) is 9.37 Å². The molecule has 1 aromatic carbocycles. The minimum atomic E-state index is -1.05. The number of hydrogen-bond acceptors (Lipinski definition) is 6. The second-order valence-corrected chi connectivity index (χ2v) is 10.3. The number of pyridine rings is 1. The van der Waals surface area contributed by atoms with Gasteiger partial charge < -0.3 is 14.6 Å². The molecular weight excluding hydrogens is 479 g/mol. The first-order valence-electron chi connectivity index (χ1n) is 12.2. The fourth-order valence-corrected chi connectivity index (χ4v) is 5.41. The molecule has 1 aliphatic carbocycles. The third-order valence-electron chi connectivity index (χ3n) is 6.94. The largest absolute Gasteiger partial charge is 0.436 e. The van der Waals surface area contributed by atoms with E-state index < -0.39 is 12.1 Å². The van der Waals surface area contributed by atoms with Crippen molar-refractivity contribution >= 4 is 39.9 Å². The molecule has 2 fully saturated rings. The Hall–Kier alpha value is -3.59. The van der Waals surface area contributed by atoms with Crippen molar-refractivity contribution in [1.82, 2.24) is 14.9 Å². The number of likely N-dealkylation sites (tertiary alicyclic amines) is 1. The number of thiophene rings is 1. The molecule has 4 heterocycles. The van der Waals surface area contributed by atoms with Crippen LogP contribution in [-0.4, -0.2) is 45.9 Å². The van der Waals surface area contributed by atoms with E-state index in [1.165, 1.54) is 5.56 Å². The number of hydrogen-bond donors (Lipinski definition) is 1. The van der Waals surface area contributed by atoms with Crippen molar-refractivity contribution in [2.45, 2.75) is 31.9 Å². The number of rotatable bonds is 6. The lowest BCUT2D eigenvalue weighted by Crippen LogP contribution is -2.39. The number of nitrogens with zero attached hydrogens (tertiary/aromatic N) is 3. The highest BCUT2D eigenvalue weighted by Gasteiger charge is 2.43. The predicted octanol–water partition coefficient (Wildman–Crippen LogP) is 5.34. The van der Waals surface area contributed by atoms with Gasteiger partial charge in [-0.1, -0.05) is 0 Å². The van der Waals surface area contributed by atoms with Gasteiger partial charge in [-0.15, -0.1) is 0 Å². The van der Waals surface area contributed by atoms with Gasteiger partial charge in [0.25, 0.3) is 5.91 Å². The first kappa shape index (κ1) is 22.8. The van der Waals surface area contributed by atoms with E-state index in [1.54, 1.807) is 47.9 Å². The van der Waals surface area contributed by atoms with Gasteiger partial charge >= 0.3 is 0 Å². The number of alkyl halides is 1. The average Bonchev–Trinajstić information content (AvgIpc) is 3.24. The normalized spacial score (nSPS) is 20.0. The molecule has 2 atom stereocenters. The van der Waals surface area contributed by atoms with E-state index in [0.29, 0.717) is 39.9 Å². The standard InChI is InChI=1S/C27H25FN4O3S/c28-21-14-20(21)25(33)30-19-1-2-24-22(13-19)31-26(35-24)18-3-7-29-23(12-18)27(34)32-8-4-16(5-9-32)11-17-6-10-36-15-17/h1-3,6-7,10,12-13,15-16,20-21H,4-5,8-9,11,14H2,(H,30,33)/t20-,21+/m1/s1. The van der Waals surface area contributed by atoms with Crippen molar-refractivity contribution in [2.24, 2.45) is 11.8 Å². The average molecular weight is 505 g/mol. The van der Waals surface area contributed by atoms with Crippen LogP contribution in [0.1, 0.15) is 35.3 Å². The SMILES string of the molecule is O=C(Nc1ccc2oc(-c3ccnc(C(=O)N4CCC(Cc5ccsc5)CC4)c3)nc2c1)[C@@H]1C[C@@H]1F. The van der Waals surface area contributed by atoms with Crippen LogP contribution in [0.5, 0.6) is 0 Å². The molecule has 36 heavy (non-hydrogen) atoms. The van der Waals surface area contributed by atoms with E-state index in [0.717, 1.165) is 32.4 Å². The van der Waals surface area contributed by atoms with Crippen molar-refractivity contribution in [1.29, 1.82) is 0 Å². The van der Waals surface area contributed by atoms with Crippen molar-refractivity contribution in [3.63, 3.8) is 0 Å².